The number of Topliss-reactive ketones (excluding diaryl/α,β-unsaturated/α-hetero) is 1. The van der Waals surface area contributed by atoms with Crippen molar-refractivity contribution in [3.8, 4) is 11.1 Å². The summed E-state index contributed by atoms with van der Waals surface area (Å²) in [7, 11) is 0. The molecule has 2 aromatic heterocycles. The number of aryl methyl sites for hydroxylation is 1. The first kappa shape index (κ1) is 17.7. The van der Waals surface area contributed by atoms with E-state index in [-0.39, 0.29) is 17.1 Å². The van der Waals surface area contributed by atoms with Gasteiger partial charge >= 0.3 is 0 Å². The number of thiophene rings is 1. The van der Waals surface area contributed by atoms with Crippen molar-refractivity contribution in [2.45, 2.75) is 12.1 Å². The van der Waals surface area contributed by atoms with Gasteiger partial charge in [-0.2, -0.15) is 0 Å². The van der Waals surface area contributed by atoms with Gasteiger partial charge < -0.3 is 4.98 Å². The Morgan fingerprint density at radius 1 is 1.11 bits per heavy atom. The molecule has 4 rings (SSSR count). The van der Waals surface area contributed by atoms with Crippen LogP contribution in [0.3, 0.4) is 0 Å². The highest BCUT2D eigenvalue weighted by Crippen LogP contribution is 2.31. The average molecular weight is 393 g/mol. The van der Waals surface area contributed by atoms with Crippen LogP contribution in [-0.4, -0.2) is 21.5 Å². The molecular formula is C21H16N2O2S2. The maximum absolute atomic E-state index is 12.6. The Bertz CT molecular complexity index is 1160. The molecule has 134 valence electrons. The lowest BCUT2D eigenvalue weighted by Crippen LogP contribution is -2.10. The topological polar surface area (TPSA) is 62.8 Å². The molecule has 0 saturated carbocycles. The normalized spacial score (nSPS) is 11.0. The van der Waals surface area contributed by atoms with E-state index in [0.29, 0.717) is 20.9 Å². The number of aromatic amines is 1. The molecule has 0 aliphatic rings. The van der Waals surface area contributed by atoms with E-state index < -0.39 is 0 Å². The number of nitrogens with one attached hydrogen (secondary N) is 1. The molecule has 0 fully saturated rings. The molecule has 27 heavy (non-hydrogen) atoms. The zero-order chi connectivity index (χ0) is 18.8. The van der Waals surface area contributed by atoms with E-state index in [4.69, 9.17) is 0 Å². The van der Waals surface area contributed by atoms with Crippen molar-refractivity contribution < 1.29 is 4.79 Å². The number of H-pyrrole nitrogens is 1. The number of carbonyl (C=O) groups is 1. The largest absolute Gasteiger partial charge is 0.301 e. The number of rotatable bonds is 5. The molecule has 0 unspecified atom stereocenters. The molecule has 2 aromatic carbocycles. The number of carbonyl (C=O) groups excluding carboxylic acids is 1. The molecule has 0 spiro atoms. The summed E-state index contributed by atoms with van der Waals surface area (Å²) in [5, 5.41) is 3.02. The van der Waals surface area contributed by atoms with Gasteiger partial charge in [0.2, 0.25) is 0 Å². The average Bonchev–Trinajstić information content (AvgIpc) is 3.12. The Labute approximate surface area is 164 Å². The number of hydrogen-bond acceptors (Lipinski definition) is 5. The van der Waals surface area contributed by atoms with Gasteiger partial charge in [-0.05, 0) is 12.5 Å². The molecule has 4 aromatic rings. The Balaban J connectivity index is 1.58. The second kappa shape index (κ2) is 7.50. The predicted molar refractivity (Wildman–Crippen MR) is 112 cm³/mol. The number of fused-ring (bicyclic) bond motifs is 1. The Morgan fingerprint density at radius 2 is 1.85 bits per heavy atom. The van der Waals surface area contributed by atoms with E-state index in [1.54, 1.807) is 0 Å². The number of nitrogens with zero attached hydrogens (tertiary/aromatic N) is 1. The highest BCUT2D eigenvalue weighted by molar-refractivity contribution is 7.99. The molecule has 0 aliphatic carbocycles. The van der Waals surface area contributed by atoms with Crippen molar-refractivity contribution in [2.24, 2.45) is 0 Å². The minimum absolute atomic E-state index is 0.0129. The summed E-state index contributed by atoms with van der Waals surface area (Å²) in [6, 6.07) is 17.3. The van der Waals surface area contributed by atoms with Crippen LogP contribution in [0.1, 0.15) is 15.9 Å². The number of thioether (sulfide) groups is 1. The van der Waals surface area contributed by atoms with Crippen LogP contribution >= 0.6 is 23.1 Å². The van der Waals surface area contributed by atoms with Crippen LogP contribution in [0.15, 0.2) is 69.9 Å². The Morgan fingerprint density at radius 3 is 2.59 bits per heavy atom. The molecular weight excluding hydrogens is 376 g/mol. The summed E-state index contributed by atoms with van der Waals surface area (Å²) in [5.74, 6) is 0.243. The fourth-order valence-electron chi connectivity index (χ4n) is 2.78. The molecule has 1 N–H and O–H groups in total. The van der Waals surface area contributed by atoms with E-state index in [1.807, 2.05) is 66.9 Å². The second-order valence-electron chi connectivity index (χ2n) is 6.14. The maximum atomic E-state index is 12.6. The van der Waals surface area contributed by atoms with Crippen LogP contribution in [0, 0.1) is 6.92 Å². The van der Waals surface area contributed by atoms with E-state index in [2.05, 4.69) is 9.97 Å². The molecule has 0 bridgehead atoms. The molecule has 0 saturated heterocycles. The number of hydrogen-bond donors (Lipinski definition) is 1. The summed E-state index contributed by atoms with van der Waals surface area (Å²) >= 11 is 2.69. The molecule has 6 heteroatoms. The highest BCUT2D eigenvalue weighted by atomic mass is 32.2. The van der Waals surface area contributed by atoms with Crippen LogP contribution < -0.4 is 5.56 Å². The third-order valence-electron chi connectivity index (χ3n) is 4.22. The SMILES string of the molecule is Cc1ccc(C(=O)CSc2nc3scc(-c4ccccc4)c3c(=O)[nH]2)cc1. The fraction of sp³-hybridized carbons (Fsp3) is 0.0952. The third-order valence-corrected chi connectivity index (χ3v) is 5.97. The monoisotopic (exact) mass is 392 g/mol. The van der Waals surface area contributed by atoms with Crippen molar-refractivity contribution in [2.75, 3.05) is 5.75 Å². The first-order chi connectivity index (χ1) is 13.1. The van der Waals surface area contributed by atoms with Gasteiger partial charge in [0.15, 0.2) is 10.9 Å². The van der Waals surface area contributed by atoms with E-state index in [1.165, 1.54) is 23.1 Å². The Hall–Kier alpha value is -2.70. The van der Waals surface area contributed by atoms with Gasteiger partial charge in [-0.15, -0.1) is 11.3 Å². The second-order valence-corrected chi connectivity index (χ2v) is 7.97. The lowest BCUT2D eigenvalue weighted by molar-refractivity contribution is 0.102. The zero-order valence-electron chi connectivity index (χ0n) is 14.6. The van der Waals surface area contributed by atoms with Crippen molar-refractivity contribution in [3.05, 3.63) is 81.5 Å². The maximum Gasteiger partial charge on any atom is 0.260 e. The van der Waals surface area contributed by atoms with E-state index >= 15 is 0 Å². The minimum atomic E-state index is -0.176. The van der Waals surface area contributed by atoms with Gasteiger partial charge in [0, 0.05) is 16.5 Å². The van der Waals surface area contributed by atoms with Crippen LogP contribution in [0.25, 0.3) is 21.3 Å². The van der Waals surface area contributed by atoms with Gasteiger partial charge in [0.05, 0.1) is 11.1 Å². The van der Waals surface area contributed by atoms with Crippen LogP contribution in [0.5, 0.6) is 0 Å². The summed E-state index contributed by atoms with van der Waals surface area (Å²) < 4.78 is 0. The van der Waals surface area contributed by atoms with Crippen molar-refractivity contribution in [1.82, 2.24) is 9.97 Å². The highest BCUT2D eigenvalue weighted by Gasteiger charge is 2.14. The van der Waals surface area contributed by atoms with Gasteiger partial charge in [0.1, 0.15) is 4.83 Å². The van der Waals surface area contributed by atoms with Crippen molar-refractivity contribution >= 4 is 39.1 Å². The lowest BCUT2D eigenvalue weighted by atomic mass is 10.1. The molecule has 4 nitrogen and oxygen atoms in total. The Kier molecular flexibility index (Phi) is 4.92. The van der Waals surface area contributed by atoms with Crippen molar-refractivity contribution in [1.29, 1.82) is 0 Å². The van der Waals surface area contributed by atoms with Gasteiger partial charge in [-0.3, -0.25) is 9.59 Å². The fourth-order valence-corrected chi connectivity index (χ4v) is 4.55. The minimum Gasteiger partial charge on any atom is -0.301 e. The van der Waals surface area contributed by atoms with E-state index in [9.17, 15) is 9.59 Å². The summed E-state index contributed by atoms with van der Waals surface area (Å²) in [5.41, 5.74) is 3.48. The summed E-state index contributed by atoms with van der Waals surface area (Å²) in [4.78, 5) is 33.0. The number of benzene rings is 2. The summed E-state index contributed by atoms with van der Waals surface area (Å²) in [6.45, 7) is 1.98. The van der Waals surface area contributed by atoms with E-state index in [0.717, 1.165) is 16.7 Å². The smallest absolute Gasteiger partial charge is 0.260 e. The van der Waals surface area contributed by atoms with Gasteiger partial charge in [-0.25, -0.2) is 4.98 Å². The number of aromatic nitrogens is 2. The standard InChI is InChI=1S/C21H16N2O2S2/c1-13-7-9-15(10-8-13)17(24)12-27-21-22-19(25)18-16(11-26-20(18)23-21)14-5-3-2-4-6-14/h2-11H,12H2,1H3,(H,22,23,25). The molecule has 2 heterocycles. The number of ketones is 1. The van der Waals surface area contributed by atoms with Crippen LogP contribution in [0.2, 0.25) is 0 Å². The quantitative estimate of drug-likeness (QED) is 0.297. The van der Waals surface area contributed by atoms with Crippen molar-refractivity contribution in [3.63, 3.8) is 0 Å². The van der Waals surface area contributed by atoms with Gasteiger partial charge in [-0.1, -0.05) is 71.9 Å². The lowest BCUT2D eigenvalue weighted by Gasteiger charge is -2.03. The first-order valence-electron chi connectivity index (χ1n) is 8.41. The van der Waals surface area contributed by atoms with Crippen LogP contribution in [0.4, 0.5) is 0 Å². The molecule has 0 amide bonds. The third kappa shape index (κ3) is 3.72. The summed E-state index contributed by atoms with van der Waals surface area (Å²) in [6.07, 6.45) is 0. The van der Waals surface area contributed by atoms with Gasteiger partial charge in [0.25, 0.3) is 5.56 Å². The predicted octanol–water partition coefficient (Wildman–Crippen LogP) is 4.94. The zero-order valence-corrected chi connectivity index (χ0v) is 16.2. The first-order valence-corrected chi connectivity index (χ1v) is 10.3. The molecule has 0 aliphatic heterocycles. The molecule has 0 radical (unpaired) electrons. The molecule has 0 atom stereocenters. The van der Waals surface area contributed by atoms with Crippen LogP contribution in [-0.2, 0) is 0 Å².